The molecule has 0 heterocycles. The van der Waals surface area contributed by atoms with Crippen LogP contribution < -0.4 is 0 Å². The van der Waals surface area contributed by atoms with Crippen LogP contribution in [0.3, 0.4) is 0 Å². The second-order valence-electron chi connectivity index (χ2n) is 7.11. The molecule has 2 heteroatoms. The quantitative estimate of drug-likeness (QED) is 0.436. The average molecular weight is 272 g/mol. The van der Waals surface area contributed by atoms with Crippen LogP contribution in [0.25, 0.3) is 0 Å². The van der Waals surface area contributed by atoms with E-state index in [-0.39, 0.29) is 11.7 Å². The first-order valence-corrected chi connectivity index (χ1v) is 7.90. The van der Waals surface area contributed by atoms with Gasteiger partial charge in [-0.15, -0.1) is 0 Å². The molecule has 5 unspecified atom stereocenters. The number of rotatable bonds is 2. The van der Waals surface area contributed by atoms with Gasteiger partial charge >= 0.3 is 0 Å². The van der Waals surface area contributed by atoms with E-state index in [1.807, 2.05) is 0 Å². The van der Waals surface area contributed by atoms with Crippen LogP contribution in [0.4, 0.5) is 0 Å². The summed E-state index contributed by atoms with van der Waals surface area (Å²) >= 11 is 0. The molecule has 0 aromatic heterocycles. The molecular formula is C18H24O2. The fourth-order valence-electron chi connectivity index (χ4n) is 4.92. The van der Waals surface area contributed by atoms with Crippen LogP contribution >= 0.6 is 0 Å². The molecule has 108 valence electrons. The molecule has 0 N–H and O–H groups in total. The Bertz CT molecular complexity index is 486. The van der Waals surface area contributed by atoms with Gasteiger partial charge in [0.1, 0.15) is 0 Å². The fraction of sp³-hybridized carbons (Fsp3) is 0.667. The third kappa shape index (κ3) is 2.30. The summed E-state index contributed by atoms with van der Waals surface area (Å²) in [5.41, 5.74) is 2.86. The van der Waals surface area contributed by atoms with E-state index in [9.17, 15) is 9.59 Å². The molecular weight excluding hydrogens is 248 g/mol. The lowest BCUT2D eigenvalue weighted by Crippen LogP contribution is -2.46. The first kappa shape index (κ1) is 13.8. The molecule has 0 aliphatic heterocycles. The topological polar surface area (TPSA) is 34.1 Å². The molecule has 3 rings (SSSR count). The van der Waals surface area contributed by atoms with E-state index in [4.69, 9.17) is 0 Å². The summed E-state index contributed by atoms with van der Waals surface area (Å²) in [7, 11) is 0. The van der Waals surface area contributed by atoms with Crippen molar-refractivity contribution < 1.29 is 9.59 Å². The summed E-state index contributed by atoms with van der Waals surface area (Å²) in [6, 6.07) is 0. The van der Waals surface area contributed by atoms with Gasteiger partial charge < -0.3 is 0 Å². The normalized spacial score (nSPS) is 40.0. The molecule has 3 aliphatic rings. The van der Waals surface area contributed by atoms with E-state index in [1.54, 1.807) is 0 Å². The lowest BCUT2D eigenvalue weighted by molar-refractivity contribution is -0.139. The molecule has 0 spiro atoms. The number of ketones is 1. The first-order chi connectivity index (χ1) is 9.60. The Morgan fingerprint density at radius 1 is 1.05 bits per heavy atom. The van der Waals surface area contributed by atoms with Gasteiger partial charge in [0.15, 0.2) is 12.1 Å². The summed E-state index contributed by atoms with van der Waals surface area (Å²) in [5.74, 6) is 1.87. The number of hydrogen-bond acceptors (Lipinski definition) is 2. The molecule has 1 saturated carbocycles. The Morgan fingerprint density at radius 2 is 1.75 bits per heavy atom. The van der Waals surface area contributed by atoms with Crippen molar-refractivity contribution in [1.29, 1.82) is 0 Å². The highest BCUT2D eigenvalue weighted by Crippen LogP contribution is 2.52. The Balaban J connectivity index is 1.93. The van der Waals surface area contributed by atoms with Crippen molar-refractivity contribution >= 4 is 12.1 Å². The van der Waals surface area contributed by atoms with E-state index in [1.165, 1.54) is 17.6 Å². The van der Waals surface area contributed by atoms with Gasteiger partial charge in [0.05, 0.1) is 0 Å². The van der Waals surface area contributed by atoms with Gasteiger partial charge in [-0.1, -0.05) is 23.3 Å². The molecule has 3 aliphatic carbocycles. The van der Waals surface area contributed by atoms with Crippen LogP contribution in [0.1, 0.15) is 46.0 Å². The largest absolute Gasteiger partial charge is 0.295 e. The third-order valence-electron chi connectivity index (χ3n) is 5.83. The van der Waals surface area contributed by atoms with Crippen LogP contribution in [0.15, 0.2) is 23.3 Å². The van der Waals surface area contributed by atoms with Crippen molar-refractivity contribution in [2.45, 2.75) is 46.0 Å². The highest BCUT2D eigenvalue weighted by Gasteiger charge is 2.48. The van der Waals surface area contributed by atoms with Gasteiger partial charge in [-0.3, -0.25) is 9.59 Å². The van der Waals surface area contributed by atoms with E-state index >= 15 is 0 Å². The highest BCUT2D eigenvalue weighted by atomic mass is 16.2. The maximum atomic E-state index is 12.3. The van der Waals surface area contributed by atoms with Gasteiger partial charge in [0.25, 0.3) is 0 Å². The zero-order chi connectivity index (χ0) is 14.3. The van der Waals surface area contributed by atoms with Gasteiger partial charge in [0.2, 0.25) is 0 Å². The maximum Gasteiger partial charge on any atom is 0.198 e. The lowest BCUT2D eigenvalue weighted by Gasteiger charge is -2.49. The molecule has 2 nitrogen and oxygen atoms in total. The third-order valence-corrected chi connectivity index (χ3v) is 5.83. The van der Waals surface area contributed by atoms with Crippen molar-refractivity contribution in [1.82, 2.24) is 0 Å². The fourth-order valence-corrected chi connectivity index (χ4v) is 4.92. The Kier molecular flexibility index (Phi) is 3.66. The van der Waals surface area contributed by atoms with Crippen LogP contribution in [-0.4, -0.2) is 12.1 Å². The SMILES string of the molecule is CC1=CCC2C(C1)CC1CC=C(C)CC1C2C(=O)C=O. The van der Waals surface area contributed by atoms with E-state index in [0.29, 0.717) is 30.0 Å². The van der Waals surface area contributed by atoms with Crippen molar-refractivity contribution in [3.05, 3.63) is 23.3 Å². The summed E-state index contributed by atoms with van der Waals surface area (Å²) in [6.07, 6.45) is 10.7. The van der Waals surface area contributed by atoms with Crippen LogP contribution in [-0.2, 0) is 9.59 Å². The summed E-state index contributed by atoms with van der Waals surface area (Å²) in [4.78, 5) is 23.4. The predicted molar refractivity (Wildman–Crippen MR) is 79.1 cm³/mol. The van der Waals surface area contributed by atoms with E-state index in [2.05, 4.69) is 26.0 Å². The van der Waals surface area contributed by atoms with Gasteiger partial charge in [-0.25, -0.2) is 0 Å². The molecule has 20 heavy (non-hydrogen) atoms. The number of fused-ring (bicyclic) bond motifs is 2. The molecule has 1 fully saturated rings. The van der Waals surface area contributed by atoms with Crippen molar-refractivity contribution in [2.75, 3.05) is 0 Å². The summed E-state index contributed by atoms with van der Waals surface area (Å²) in [6.45, 7) is 4.36. The molecule has 0 aromatic rings. The zero-order valence-electron chi connectivity index (χ0n) is 12.5. The Labute approximate surface area is 121 Å². The second-order valence-corrected chi connectivity index (χ2v) is 7.11. The van der Waals surface area contributed by atoms with Crippen molar-refractivity contribution in [3.63, 3.8) is 0 Å². The molecule has 0 amide bonds. The van der Waals surface area contributed by atoms with Crippen LogP contribution in [0.2, 0.25) is 0 Å². The number of allylic oxidation sites excluding steroid dienone is 4. The lowest BCUT2D eigenvalue weighted by atomic mass is 9.54. The molecule has 5 atom stereocenters. The van der Waals surface area contributed by atoms with E-state index < -0.39 is 0 Å². The van der Waals surface area contributed by atoms with Gasteiger partial charge in [-0.2, -0.15) is 0 Å². The molecule has 0 bridgehead atoms. The van der Waals surface area contributed by atoms with Crippen molar-refractivity contribution in [3.8, 4) is 0 Å². The predicted octanol–water partition coefficient (Wildman–Crippen LogP) is 3.72. The minimum absolute atomic E-state index is 0.0238. The Morgan fingerprint density at radius 3 is 2.50 bits per heavy atom. The minimum atomic E-state index is -0.141. The number of carbonyl (C=O) groups excluding carboxylic acids is 2. The van der Waals surface area contributed by atoms with Gasteiger partial charge in [-0.05, 0) is 69.6 Å². The maximum absolute atomic E-state index is 12.3. The average Bonchev–Trinajstić information content (AvgIpc) is 2.44. The number of hydrogen-bond donors (Lipinski definition) is 0. The minimum Gasteiger partial charge on any atom is -0.295 e. The number of aldehydes is 1. The van der Waals surface area contributed by atoms with Gasteiger partial charge in [0, 0.05) is 5.92 Å². The monoisotopic (exact) mass is 272 g/mol. The van der Waals surface area contributed by atoms with E-state index in [0.717, 1.165) is 25.7 Å². The van der Waals surface area contributed by atoms with Crippen molar-refractivity contribution in [2.24, 2.45) is 29.6 Å². The molecule has 0 aromatic carbocycles. The number of carbonyl (C=O) groups is 2. The summed E-state index contributed by atoms with van der Waals surface area (Å²) < 4.78 is 0. The Hall–Kier alpha value is -1.18. The summed E-state index contributed by atoms with van der Waals surface area (Å²) in [5, 5.41) is 0. The zero-order valence-corrected chi connectivity index (χ0v) is 12.5. The highest BCUT2D eigenvalue weighted by molar-refractivity contribution is 6.26. The second kappa shape index (κ2) is 5.31. The van der Waals surface area contributed by atoms with Crippen LogP contribution in [0.5, 0.6) is 0 Å². The molecule has 0 radical (unpaired) electrons. The first-order valence-electron chi connectivity index (χ1n) is 7.90. The smallest absolute Gasteiger partial charge is 0.198 e. The molecule has 0 saturated heterocycles. The van der Waals surface area contributed by atoms with Crippen LogP contribution in [0, 0.1) is 29.6 Å². The number of Topliss-reactive ketones (excluding diaryl/α,β-unsaturated/α-hetero) is 1. The standard InChI is InChI=1S/C18H24O2/c1-11-4-6-15-14(7-11)9-13-5-3-12(2)8-16(13)18(15)17(20)10-19/h3-4,10,13-16,18H,5-9H2,1-2H3.